The van der Waals surface area contributed by atoms with Crippen LogP contribution < -0.4 is 0 Å². The molecule has 1 aromatic heterocycles. The van der Waals surface area contributed by atoms with Gasteiger partial charge in [-0.2, -0.15) is 5.26 Å². The van der Waals surface area contributed by atoms with Crippen molar-refractivity contribution < 1.29 is 9.53 Å². The Morgan fingerprint density at radius 3 is 2.59 bits per heavy atom. The molecule has 6 nitrogen and oxygen atoms in total. The van der Waals surface area contributed by atoms with Crippen molar-refractivity contribution in [2.24, 2.45) is 4.99 Å². The molecule has 1 saturated heterocycles. The van der Waals surface area contributed by atoms with Gasteiger partial charge in [-0.1, -0.05) is 54.6 Å². The van der Waals surface area contributed by atoms with Gasteiger partial charge in [0.2, 0.25) is 0 Å². The van der Waals surface area contributed by atoms with Gasteiger partial charge in [-0.25, -0.2) is 4.99 Å². The van der Waals surface area contributed by atoms with Crippen molar-refractivity contribution in [3.63, 3.8) is 0 Å². The SMILES string of the molecule is CCOCCN1C(=O)/C(=C/c2cn(Cc3ccccc3C#N)c3ccccc23)SC1=Nc1ccccc1. The number of carbonyl (C=O) groups excluding carboxylic acids is 1. The van der Waals surface area contributed by atoms with E-state index >= 15 is 0 Å². The number of amidine groups is 1. The third-order valence-corrected chi connectivity index (χ3v) is 7.12. The minimum absolute atomic E-state index is 0.0777. The van der Waals surface area contributed by atoms with E-state index < -0.39 is 0 Å². The highest BCUT2D eigenvalue weighted by molar-refractivity contribution is 8.18. The molecule has 1 amide bonds. The molecular weight excluding hydrogens is 480 g/mol. The maximum atomic E-state index is 13.5. The molecule has 0 spiro atoms. The fraction of sp³-hybridized carbons (Fsp3) is 0.167. The second-order valence-corrected chi connectivity index (χ2v) is 9.50. The number of nitrogens with zero attached hydrogens (tertiary/aromatic N) is 4. The van der Waals surface area contributed by atoms with Crippen molar-refractivity contribution in [3.05, 3.63) is 107 Å². The zero-order chi connectivity index (χ0) is 25.6. The van der Waals surface area contributed by atoms with Crippen molar-refractivity contribution in [2.45, 2.75) is 13.5 Å². The number of hydrogen-bond donors (Lipinski definition) is 0. The Balaban J connectivity index is 1.51. The van der Waals surface area contributed by atoms with Crippen molar-refractivity contribution in [2.75, 3.05) is 19.8 Å². The lowest BCUT2D eigenvalue weighted by molar-refractivity contribution is -0.122. The zero-order valence-electron chi connectivity index (χ0n) is 20.5. The fourth-order valence-corrected chi connectivity index (χ4v) is 5.33. The molecule has 0 aliphatic carbocycles. The maximum absolute atomic E-state index is 13.5. The molecule has 5 rings (SSSR count). The fourth-order valence-electron chi connectivity index (χ4n) is 4.31. The second kappa shape index (κ2) is 11.3. The van der Waals surface area contributed by atoms with E-state index in [1.807, 2.05) is 79.7 Å². The predicted molar refractivity (Wildman–Crippen MR) is 150 cm³/mol. The number of aliphatic imine (C=N–C) groups is 1. The molecule has 1 aliphatic rings. The first-order valence-corrected chi connectivity index (χ1v) is 13.0. The van der Waals surface area contributed by atoms with Crippen LogP contribution in [0.5, 0.6) is 0 Å². The Morgan fingerprint density at radius 2 is 1.78 bits per heavy atom. The Bertz CT molecular complexity index is 1530. The van der Waals surface area contributed by atoms with Crippen LogP contribution in [0.3, 0.4) is 0 Å². The molecule has 0 N–H and O–H groups in total. The van der Waals surface area contributed by atoms with Gasteiger partial charge in [-0.15, -0.1) is 0 Å². The number of thioether (sulfide) groups is 1. The summed E-state index contributed by atoms with van der Waals surface area (Å²) in [5.41, 5.74) is 4.41. The largest absolute Gasteiger partial charge is 0.380 e. The first kappa shape index (κ1) is 24.6. The number of aromatic nitrogens is 1. The number of carbonyl (C=O) groups is 1. The molecule has 37 heavy (non-hydrogen) atoms. The molecule has 2 heterocycles. The van der Waals surface area contributed by atoms with E-state index in [1.165, 1.54) is 11.8 Å². The van der Waals surface area contributed by atoms with Crippen LogP contribution in [-0.4, -0.2) is 40.3 Å². The van der Waals surface area contributed by atoms with Crippen LogP contribution in [0.2, 0.25) is 0 Å². The summed E-state index contributed by atoms with van der Waals surface area (Å²) in [5, 5.41) is 11.2. The second-order valence-electron chi connectivity index (χ2n) is 8.49. The summed E-state index contributed by atoms with van der Waals surface area (Å²) in [7, 11) is 0. The van der Waals surface area contributed by atoms with Crippen LogP contribution >= 0.6 is 11.8 Å². The lowest BCUT2D eigenvalue weighted by Gasteiger charge is -2.15. The van der Waals surface area contributed by atoms with E-state index in [0.717, 1.165) is 27.7 Å². The van der Waals surface area contributed by atoms with Crippen molar-refractivity contribution >= 4 is 45.5 Å². The predicted octanol–water partition coefficient (Wildman–Crippen LogP) is 6.20. The third-order valence-electron chi connectivity index (χ3n) is 6.12. The van der Waals surface area contributed by atoms with Gasteiger partial charge in [0.1, 0.15) is 0 Å². The van der Waals surface area contributed by atoms with Crippen LogP contribution in [0, 0.1) is 11.3 Å². The summed E-state index contributed by atoms with van der Waals surface area (Å²) in [6, 6.07) is 27.7. The van der Waals surface area contributed by atoms with Crippen LogP contribution in [0.25, 0.3) is 17.0 Å². The average Bonchev–Trinajstić information content (AvgIpc) is 3.42. The molecule has 1 fully saturated rings. The van der Waals surface area contributed by atoms with E-state index in [2.05, 4.69) is 29.0 Å². The van der Waals surface area contributed by atoms with E-state index in [-0.39, 0.29) is 5.91 Å². The van der Waals surface area contributed by atoms with Crippen LogP contribution in [0.15, 0.2) is 95.0 Å². The zero-order valence-corrected chi connectivity index (χ0v) is 21.3. The monoisotopic (exact) mass is 506 g/mol. The maximum Gasteiger partial charge on any atom is 0.266 e. The molecule has 4 aromatic rings. The highest BCUT2D eigenvalue weighted by atomic mass is 32.2. The van der Waals surface area contributed by atoms with Crippen molar-refractivity contribution in [1.82, 2.24) is 9.47 Å². The number of ether oxygens (including phenoxy) is 1. The lowest BCUT2D eigenvalue weighted by atomic mass is 10.1. The summed E-state index contributed by atoms with van der Waals surface area (Å²) < 4.78 is 7.66. The number of benzene rings is 3. The average molecular weight is 507 g/mol. The lowest BCUT2D eigenvalue weighted by Crippen LogP contribution is -2.32. The molecule has 7 heteroatoms. The Labute approximate surface area is 220 Å². The Kier molecular flexibility index (Phi) is 7.50. The standard InChI is InChI=1S/C30H26N4O2S/c1-2-36-17-16-34-29(35)28(37-30(34)32-25-12-4-3-5-13-25)18-24-21-33(27-15-9-8-14-26(24)27)20-23-11-7-6-10-22(23)19-31/h3-15,18,21H,2,16-17,20H2,1H3/b28-18-,32-30?. The first-order chi connectivity index (χ1) is 18.2. The van der Waals surface area contributed by atoms with Crippen molar-refractivity contribution in [1.29, 1.82) is 5.26 Å². The van der Waals surface area contributed by atoms with Crippen molar-refractivity contribution in [3.8, 4) is 6.07 Å². The summed E-state index contributed by atoms with van der Waals surface area (Å²) >= 11 is 1.38. The number of rotatable bonds is 8. The van der Waals surface area contributed by atoms with Gasteiger partial charge in [-0.05, 0) is 54.6 Å². The molecule has 3 aromatic carbocycles. The van der Waals surface area contributed by atoms with E-state index in [1.54, 1.807) is 4.90 Å². The molecule has 0 radical (unpaired) electrons. The Hall–Kier alpha value is -4.12. The molecule has 0 unspecified atom stereocenters. The van der Waals surface area contributed by atoms with E-state index in [0.29, 0.717) is 41.9 Å². The molecule has 0 saturated carbocycles. The van der Waals surface area contributed by atoms with Gasteiger partial charge in [0.15, 0.2) is 5.17 Å². The van der Waals surface area contributed by atoms with E-state index in [9.17, 15) is 10.1 Å². The first-order valence-electron chi connectivity index (χ1n) is 12.2. The minimum atomic E-state index is -0.0777. The van der Waals surface area contributed by atoms with Gasteiger partial charge in [0.05, 0.1) is 35.4 Å². The van der Waals surface area contributed by atoms with Gasteiger partial charge in [0, 0.05) is 35.8 Å². The number of hydrogen-bond acceptors (Lipinski definition) is 5. The van der Waals surface area contributed by atoms with Crippen LogP contribution in [0.4, 0.5) is 5.69 Å². The smallest absolute Gasteiger partial charge is 0.266 e. The molecule has 1 aliphatic heterocycles. The van der Waals surface area contributed by atoms with E-state index in [4.69, 9.17) is 9.73 Å². The normalized spacial score (nSPS) is 15.7. The quantitative estimate of drug-likeness (QED) is 0.211. The van der Waals surface area contributed by atoms with Crippen LogP contribution in [-0.2, 0) is 16.1 Å². The number of nitriles is 1. The summed E-state index contributed by atoms with van der Waals surface area (Å²) in [4.78, 5) is 20.5. The number of fused-ring (bicyclic) bond motifs is 1. The molecular formula is C30H26N4O2S. The van der Waals surface area contributed by atoms with Gasteiger partial charge >= 0.3 is 0 Å². The summed E-state index contributed by atoms with van der Waals surface area (Å²) in [6.07, 6.45) is 4.00. The number of para-hydroxylation sites is 2. The molecule has 0 atom stereocenters. The minimum Gasteiger partial charge on any atom is -0.380 e. The Morgan fingerprint density at radius 1 is 1.03 bits per heavy atom. The number of amides is 1. The van der Waals surface area contributed by atoms with Gasteiger partial charge in [-0.3, -0.25) is 9.69 Å². The summed E-state index contributed by atoms with van der Waals surface area (Å²) in [6.45, 7) is 3.99. The van der Waals surface area contributed by atoms with Crippen LogP contribution in [0.1, 0.15) is 23.6 Å². The van der Waals surface area contributed by atoms with Gasteiger partial charge < -0.3 is 9.30 Å². The topological polar surface area (TPSA) is 70.6 Å². The highest BCUT2D eigenvalue weighted by Gasteiger charge is 2.33. The third kappa shape index (κ3) is 5.36. The van der Waals surface area contributed by atoms with Gasteiger partial charge in [0.25, 0.3) is 5.91 Å². The molecule has 0 bridgehead atoms. The molecule has 184 valence electrons. The highest BCUT2D eigenvalue weighted by Crippen LogP contribution is 2.35. The summed E-state index contributed by atoms with van der Waals surface area (Å²) in [5.74, 6) is -0.0777.